The van der Waals surface area contributed by atoms with Crippen molar-refractivity contribution in [3.8, 4) is 0 Å². The lowest BCUT2D eigenvalue weighted by molar-refractivity contribution is -0.137. The Balaban J connectivity index is 2.45. The van der Waals surface area contributed by atoms with Gasteiger partial charge in [0.05, 0.1) is 0 Å². The molecule has 1 rings (SSSR count). The first-order valence-electron chi connectivity index (χ1n) is 5.89. The third kappa shape index (κ3) is 3.61. The zero-order chi connectivity index (χ0) is 13.7. The molecule has 102 valence electrons. The fraction of sp³-hybridized carbons (Fsp3) is 0.727. The van der Waals surface area contributed by atoms with Crippen molar-refractivity contribution in [1.82, 2.24) is 15.1 Å². The molecule has 3 amide bonds. The van der Waals surface area contributed by atoms with Gasteiger partial charge in [0, 0.05) is 33.1 Å². The highest BCUT2D eigenvalue weighted by atomic mass is 16.4. The van der Waals surface area contributed by atoms with Gasteiger partial charge in [-0.15, -0.1) is 0 Å². The third-order valence-corrected chi connectivity index (χ3v) is 3.08. The number of likely N-dealkylation sites (N-methyl/N-ethyl adjacent to an activating group) is 1. The fourth-order valence-electron chi connectivity index (χ4n) is 2.05. The molecule has 0 aromatic rings. The Kier molecular flexibility index (Phi) is 4.94. The van der Waals surface area contributed by atoms with Crippen molar-refractivity contribution < 1.29 is 19.5 Å². The first-order valence-corrected chi connectivity index (χ1v) is 5.89. The molecular formula is C11H19N3O4. The van der Waals surface area contributed by atoms with E-state index in [-0.39, 0.29) is 24.4 Å². The molecule has 0 atom stereocenters. The highest BCUT2D eigenvalue weighted by molar-refractivity contribution is 5.81. The Bertz CT molecular complexity index is 337. The van der Waals surface area contributed by atoms with Crippen LogP contribution in [0.5, 0.6) is 0 Å². The molecule has 0 unspecified atom stereocenters. The van der Waals surface area contributed by atoms with Gasteiger partial charge in [-0.1, -0.05) is 0 Å². The van der Waals surface area contributed by atoms with E-state index >= 15 is 0 Å². The van der Waals surface area contributed by atoms with E-state index in [4.69, 9.17) is 5.11 Å². The number of hydrogen-bond donors (Lipinski definition) is 2. The number of carboxylic acids is 1. The average molecular weight is 257 g/mol. The van der Waals surface area contributed by atoms with E-state index in [0.717, 1.165) is 0 Å². The van der Waals surface area contributed by atoms with E-state index in [0.29, 0.717) is 25.9 Å². The van der Waals surface area contributed by atoms with E-state index < -0.39 is 5.97 Å². The van der Waals surface area contributed by atoms with Gasteiger partial charge >= 0.3 is 12.0 Å². The van der Waals surface area contributed by atoms with E-state index in [1.54, 1.807) is 11.9 Å². The Morgan fingerprint density at radius 1 is 1.33 bits per heavy atom. The maximum Gasteiger partial charge on any atom is 0.323 e. The van der Waals surface area contributed by atoms with Crippen LogP contribution >= 0.6 is 0 Å². The minimum atomic E-state index is -1.04. The van der Waals surface area contributed by atoms with Crippen LogP contribution in [0.15, 0.2) is 0 Å². The van der Waals surface area contributed by atoms with E-state index in [9.17, 15) is 14.4 Å². The molecule has 1 aliphatic rings. The molecule has 0 spiro atoms. The molecule has 0 aliphatic carbocycles. The van der Waals surface area contributed by atoms with Gasteiger partial charge in [0.2, 0.25) is 5.91 Å². The van der Waals surface area contributed by atoms with Gasteiger partial charge in [-0.2, -0.15) is 0 Å². The molecule has 1 saturated heterocycles. The SMILES string of the molecule is CNC(=O)C1CCN(C(=O)N(C)CC(=O)O)CC1. The number of likely N-dealkylation sites (tertiary alicyclic amines) is 1. The monoisotopic (exact) mass is 257 g/mol. The van der Waals surface area contributed by atoms with Gasteiger partial charge in [0.25, 0.3) is 0 Å². The molecule has 7 heteroatoms. The van der Waals surface area contributed by atoms with Gasteiger partial charge in [-0.25, -0.2) is 4.79 Å². The largest absolute Gasteiger partial charge is 0.480 e. The summed E-state index contributed by atoms with van der Waals surface area (Å²) in [6.45, 7) is 0.663. The van der Waals surface area contributed by atoms with E-state index in [1.807, 2.05) is 0 Å². The second-order valence-electron chi connectivity index (χ2n) is 4.41. The Labute approximate surface area is 106 Å². The van der Waals surface area contributed by atoms with Crippen LogP contribution in [0.25, 0.3) is 0 Å². The number of nitrogens with one attached hydrogen (secondary N) is 1. The number of urea groups is 1. The summed E-state index contributed by atoms with van der Waals surface area (Å²) in [5, 5.41) is 11.2. The van der Waals surface area contributed by atoms with Crippen LogP contribution in [-0.4, -0.2) is 66.5 Å². The second kappa shape index (κ2) is 6.23. The van der Waals surface area contributed by atoms with Crippen molar-refractivity contribution in [2.45, 2.75) is 12.8 Å². The molecule has 0 aromatic carbocycles. The van der Waals surface area contributed by atoms with Crippen molar-refractivity contribution in [3.63, 3.8) is 0 Å². The lowest BCUT2D eigenvalue weighted by Gasteiger charge is -2.33. The van der Waals surface area contributed by atoms with Crippen molar-refractivity contribution in [2.75, 3.05) is 33.7 Å². The number of nitrogens with zero attached hydrogens (tertiary/aromatic N) is 2. The lowest BCUT2D eigenvalue weighted by atomic mass is 9.96. The summed E-state index contributed by atoms with van der Waals surface area (Å²) >= 11 is 0. The van der Waals surface area contributed by atoms with Crippen molar-refractivity contribution in [3.05, 3.63) is 0 Å². The van der Waals surface area contributed by atoms with Crippen LogP contribution in [0.3, 0.4) is 0 Å². The average Bonchev–Trinajstić information content (AvgIpc) is 2.36. The van der Waals surface area contributed by atoms with Crippen LogP contribution in [0.1, 0.15) is 12.8 Å². The summed E-state index contributed by atoms with van der Waals surface area (Å²) in [7, 11) is 3.06. The molecule has 0 saturated carbocycles. The Morgan fingerprint density at radius 2 is 1.89 bits per heavy atom. The predicted octanol–water partition coefficient (Wildman–Crippen LogP) is -0.419. The highest BCUT2D eigenvalue weighted by Gasteiger charge is 2.28. The summed E-state index contributed by atoms with van der Waals surface area (Å²) in [4.78, 5) is 36.6. The second-order valence-corrected chi connectivity index (χ2v) is 4.41. The van der Waals surface area contributed by atoms with Crippen molar-refractivity contribution >= 4 is 17.9 Å². The summed E-state index contributed by atoms with van der Waals surface area (Å²) in [5.41, 5.74) is 0. The topological polar surface area (TPSA) is 90.0 Å². The molecule has 18 heavy (non-hydrogen) atoms. The number of carbonyl (C=O) groups is 3. The maximum absolute atomic E-state index is 11.9. The summed E-state index contributed by atoms with van der Waals surface area (Å²) < 4.78 is 0. The van der Waals surface area contributed by atoms with Gasteiger partial charge in [0.1, 0.15) is 6.54 Å². The molecule has 0 bridgehead atoms. The standard InChI is InChI=1S/C11H19N3O4/c1-12-10(17)8-3-5-14(6-4-8)11(18)13(2)7-9(15)16/h8H,3-7H2,1-2H3,(H,12,17)(H,15,16). The number of hydrogen-bond acceptors (Lipinski definition) is 3. The van der Waals surface area contributed by atoms with E-state index in [1.165, 1.54) is 11.9 Å². The number of carboxylic acid groups (broad SMARTS) is 1. The zero-order valence-corrected chi connectivity index (χ0v) is 10.7. The molecule has 0 radical (unpaired) electrons. The molecule has 1 fully saturated rings. The minimum Gasteiger partial charge on any atom is -0.480 e. The quantitative estimate of drug-likeness (QED) is 0.718. The van der Waals surface area contributed by atoms with Crippen molar-refractivity contribution in [2.24, 2.45) is 5.92 Å². The van der Waals surface area contributed by atoms with Gasteiger partial charge in [-0.05, 0) is 12.8 Å². The maximum atomic E-state index is 11.9. The number of amides is 3. The smallest absolute Gasteiger partial charge is 0.323 e. The number of rotatable bonds is 3. The lowest BCUT2D eigenvalue weighted by Crippen LogP contribution is -2.48. The third-order valence-electron chi connectivity index (χ3n) is 3.08. The molecule has 7 nitrogen and oxygen atoms in total. The van der Waals surface area contributed by atoms with Crippen LogP contribution in [0.4, 0.5) is 4.79 Å². The molecule has 1 aliphatic heterocycles. The summed E-state index contributed by atoms with van der Waals surface area (Å²) in [6.07, 6.45) is 1.23. The molecule has 1 heterocycles. The van der Waals surface area contributed by atoms with Crippen LogP contribution in [-0.2, 0) is 9.59 Å². The van der Waals surface area contributed by atoms with Crippen LogP contribution < -0.4 is 5.32 Å². The zero-order valence-electron chi connectivity index (χ0n) is 10.7. The van der Waals surface area contributed by atoms with E-state index in [2.05, 4.69) is 5.32 Å². The first kappa shape index (κ1) is 14.3. The number of aliphatic carboxylic acids is 1. The summed E-state index contributed by atoms with van der Waals surface area (Å²) in [5.74, 6) is -1.09. The van der Waals surface area contributed by atoms with Crippen molar-refractivity contribution in [1.29, 1.82) is 0 Å². The normalized spacial score (nSPS) is 16.2. The first-order chi connectivity index (χ1) is 8.45. The fourth-order valence-corrected chi connectivity index (χ4v) is 2.05. The van der Waals surface area contributed by atoms with Gasteiger partial charge in [0.15, 0.2) is 0 Å². The highest BCUT2D eigenvalue weighted by Crippen LogP contribution is 2.18. The van der Waals surface area contributed by atoms with Gasteiger partial charge in [-0.3, -0.25) is 9.59 Å². The number of piperidine rings is 1. The molecular weight excluding hydrogens is 238 g/mol. The molecule has 2 N–H and O–H groups in total. The van der Waals surface area contributed by atoms with Crippen LogP contribution in [0, 0.1) is 5.92 Å². The Hall–Kier alpha value is -1.79. The van der Waals surface area contributed by atoms with Crippen LogP contribution in [0.2, 0.25) is 0 Å². The number of carbonyl (C=O) groups excluding carboxylic acids is 2. The minimum absolute atomic E-state index is 0.000916. The Morgan fingerprint density at radius 3 is 2.33 bits per heavy atom. The predicted molar refractivity (Wildman–Crippen MR) is 64.0 cm³/mol. The molecule has 0 aromatic heterocycles. The van der Waals surface area contributed by atoms with Gasteiger partial charge < -0.3 is 20.2 Å². The summed E-state index contributed by atoms with van der Waals surface area (Å²) in [6, 6.07) is -0.298.